The minimum atomic E-state index is -0.278. The summed E-state index contributed by atoms with van der Waals surface area (Å²) in [5.74, 6) is 0. The average Bonchev–Trinajstić information content (AvgIpc) is 2.35. The smallest absolute Gasteiger partial charge is 0.108 e. The Kier molecular flexibility index (Phi) is 5.66. The van der Waals surface area contributed by atoms with Crippen LogP contribution in [0.15, 0.2) is 36.0 Å². The number of allylic oxidation sites excluding steroid dienone is 6. The Morgan fingerprint density at radius 2 is 1.88 bits per heavy atom. The summed E-state index contributed by atoms with van der Waals surface area (Å²) >= 11 is 6.06. The Bertz CT molecular complexity index is 347. The molecule has 1 heterocycles. The van der Waals surface area contributed by atoms with Crippen molar-refractivity contribution in [1.29, 1.82) is 5.41 Å². The lowest BCUT2D eigenvalue weighted by Gasteiger charge is -2.37. The van der Waals surface area contributed by atoms with Gasteiger partial charge in [0.1, 0.15) is 5.17 Å². The predicted molar refractivity (Wildman–Crippen MR) is 75.8 cm³/mol. The maximum atomic E-state index is 7.90. The van der Waals surface area contributed by atoms with Crippen LogP contribution in [0.5, 0.6) is 0 Å². The van der Waals surface area contributed by atoms with Gasteiger partial charge in [0.05, 0.1) is 0 Å². The molecule has 1 aliphatic rings. The van der Waals surface area contributed by atoms with Crippen molar-refractivity contribution < 1.29 is 0 Å². The first-order chi connectivity index (χ1) is 8.17. The van der Waals surface area contributed by atoms with Crippen LogP contribution >= 0.6 is 11.6 Å². The minimum absolute atomic E-state index is 0.261. The van der Waals surface area contributed by atoms with E-state index in [1.165, 1.54) is 0 Å². The van der Waals surface area contributed by atoms with Crippen molar-refractivity contribution in [2.45, 2.75) is 26.7 Å². The van der Waals surface area contributed by atoms with Crippen molar-refractivity contribution >= 4 is 16.8 Å². The van der Waals surface area contributed by atoms with E-state index < -0.39 is 0 Å². The molecular formula is C14H21ClN2. The topological polar surface area (TPSA) is 35.9 Å². The zero-order valence-electron chi connectivity index (χ0n) is 10.6. The molecule has 94 valence electrons. The lowest BCUT2D eigenvalue weighted by molar-refractivity contribution is 0.357. The fourth-order valence-electron chi connectivity index (χ4n) is 2.29. The van der Waals surface area contributed by atoms with E-state index in [2.05, 4.69) is 17.5 Å². The first kappa shape index (κ1) is 14.2. The van der Waals surface area contributed by atoms with E-state index in [1.54, 1.807) is 0 Å². The molecule has 0 aliphatic carbocycles. The average molecular weight is 253 g/mol. The molecule has 1 rings (SSSR count). The van der Waals surface area contributed by atoms with E-state index in [-0.39, 0.29) is 10.6 Å². The molecule has 0 atom stereocenters. The van der Waals surface area contributed by atoms with Crippen LogP contribution in [0.1, 0.15) is 26.7 Å². The molecule has 0 aromatic carbocycles. The second-order valence-corrected chi connectivity index (χ2v) is 4.65. The largest absolute Gasteiger partial charge is 0.317 e. The van der Waals surface area contributed by atoms with E-state index in [4.69, 9.17) is 17.0 Å². The van der Waals surface area contributed by atoms with Gasteiger partial charge in [-0.25, -0.2) is 0 Å². The molecule has 0 spiro atoms. The fourth-order valence-corrected chi connectivity index (χ4v) is 2.59. The zero-order chi connectivity index (χ0) is 12.7. The van der Waals surface area contributed by atoms with Gasteiger partial charge in [0.15, 0.2) is 0 Å². The number of hydrogen-bond acceptors (Lipinski definition) is 2. The summed E-state index contributed by atoms with van der Waals surface area (Å²) in [6.07, 6.45) is 11.9. The van der Waals surface area contributed by atoms with Crippen LogP contribution in [0.25, 0.3) is 0 Å². The Morgan fingerprint density at radius 1 is 1.24 bits per heavy atom. The lowest BCUT2D eigenvalue weighted by atomic mass is 9.73. The van der Waals surface area contributed by atoms with Gasteiger partial charge >= 0.3 is 0 Å². The van der Waals surface area contributed by atoms with Gasteiger partial charge < -0.3 is 5.32 Å². The van der Waals surface area contributed by atoms with Crippen LogP contribution in [0.2, 0.25) is 0 Å². The Morgan fingerprint density at radius 3 is 2.35 bits per heavy atom. The SMILES string of the molecule is C\C=C/C=C\C(=C/C)C1(C(=N)Cl)CCNCC1. The number of rotatable bonds is 4. The quantitative estimate of drug-likeness (QED) is 0.582. The predicted octanol–water partition coefficient (Wildman–Crippen LogP) is 3.65. The van der Waals surface area contributed by atoms with Gasteiger partial charge in [-0.1, -0.05) is 42.0 Å². The van der Waals surface area contributed by atoms with E-state index >= 15 is 0 Å². The standard InChI is InChI=1S/C14H21ClN2/c1-3-5-6-7-12(4-2)14(13(15)16)8-10-17-11-9-14/h3-7,16-17H,8-11H2,1-2H3/b5-3-,7-6-,12-4+,16-13?. The molecule has 2 N–H and O–H groups in total. The van der Waals surface area contributed by atoms with Crippen LogP contribution in [-0.4, -0.2) is 18.3 Å². The van der Waals surface area contributed by atoms with E-state index in [0.717, 1.165) is 31.5 Å². The molecule has 0 bridgehead atoms. The van der Waals surface area contributed by atoms with Crippen molar-refractivity contribution in [3.05, 3.63) is 36.0 Å². The van der Waals surface area contributed by atoms with E-state index in [1.807, 2.05) is 32.1 Å². The molecule has 1 fully saturated rings. The number of piperidine rings is 1. The highest BCUT2D eigenvalue weighted by molar-refractivity contribution is 6.66. The van der Waals surface area contributed by atoms with Crippen LogP contribution in [0.3, 0.4) is 0 Å². The summed E-state index contributed by atoms with van der Waals surface area (Å²) in [6, 6.07) is 0. The second-order valence-electron chi connectivity index (χ2n) is 4.28. The molecule has 2 nitrogen and oxygen atoms in total. The fraction of sp³-hybridized carbons (Fsp3) is 0.500. The zero-order valence-corrected chi connectivity index (χ0v) is 11.3. The van der Waals surface area contributed by atoms with Crippen molar-refractivity contribution in [3.63, 3.8) is 0 Å². The molecule has 1 aliphatic heterocycles. The molecule has 0 aromatic rings. The maximum Gasteiger partial charge on any atom is 0.108 e. The molecule has 1 saturated heterocycles. The van der Waals surface area contributed by atoms with Crippen LogP contribution in [0.4, 0.5) is 0 Å². The molecule has 17 heavy (non-hydrogen) atoms. The number of hydrogen-bond donors (Lipinski definition) is 2. The third-order valence-corrected chi connectivity index (χ3v) is 3.68. The van der Waals surface area contributed by atoms with Gasteiger partial charge in [-0.2, -0.15) is 0 Å². The van der Waals surface area contributed by atoms with Crippen molar-refractivity contribution in [1.82, 2.24) is 5.32 Å². The molecule has 0 aromatic heterocycles. The van der Waals surface area contributed by atoms with Gasteiger partial charge in [0.2, 0.25) is 0 Å². The van der Waals surface area contributed by atoms with Crippen molar-refractivity contribution in [3.8, 4) is 0 Å². The first-order valence-corrected chi connectivity index (χ1v) is 6.46. The van der Waals surface area contributed by atoms with Gasteiger partial charge in [-0.05, 0) is 45.4 Å². The van der Waals surface area contributed by atoms with E-state index in [0.29, 0.717) is 0 Å². The Balaban J connectivity index is 2.99. The molecule has 0 amide bonds. The molecule has 3 heteroatoms. The summed E-state index contributed by atoms with van der Waals surface area (Å²) < 4.78 is 0. The molecular weight excluding hydrogens is 232 g/mol. The van der Waals surface area contributed by atoms with Crippen LogP contribution < -0.4 is 5.32 Å². The molecule has 0 radical (unpaired) electrons. The number of nitrogens with one attached hydrogen (secondary N) is 2. The van der Waals surface area contributed by atoms with Gasteiger partial charge in [-0.3, -0.25) is 5.41 Å². The van der Waals surface area contributed by atoms with E-state index in [9.17, 15) is 0 Å². The first-order valence-electron chi connectivity index (χ1n) is 6.09. The summed E-state index contributed by atoms with van der Waals surface area (Å²) in [7, 11) is 0. The third-order valence-electron chi connectivity index (χ3n) is 3.32. The maximum absolute atomic E-state index is 7.90. The van der Waals surface area contributed by atoms with Crippen molar-refractivity contribution in [2.24, 2.45) is 5.41 Å². The third kappa shape index (κ3) is 3.30. The number of halogens is 1. The minimum Gasteiger partial charge on any atom is -0.317 e. The van der Waals surface area contributed by atoms with Gasteiger partial charge in [0, 0.05) is 5.41 Å². The summed E-state index contributed by atoms with van der Waals surface area (Å²) in [6.45, 7) is 5.84. The second kappa shape index (κ2) is 6.77. The summed E-state index contributed by atoms with van der Waals surface area (Å²) in [5.41, 5.74) is 0.872. The van der Waals surface area contributed by atoms with Gasteiger partial charge in [0.25, 0.3) is 0 Å². The molecule has 0 unspecified atom stereocenters. The van der Waals surface area contributed by atoms with Gasteiger partial charge in [-0.15, -0.1) is 0 Å². The summed E-state index contributed by atoms with van der Waals surface area (Å²) in [4.78, 5) is 0. The Hall–Kier alpha value is -0.860. The summed E-state index contributed by atoms with van der Waals surface area (Å²) in [5, 5.41) is 11.5. The Labute approximate surface area is 109 Å². The highest BCUT2D eigenvalue weighted by Gasteiger charge is 2.37. The van der Waals surface area contributed by atoms with Crippen LogP contribution in [0, 0.1) is 10.8 Å². The lowest BCUT2D eigenvalue weighted by Crippen LogP contribution is -2.41. The highest BCUT2D eigenvalue weighted by Crippen LogP contribution is 2.40. The molecule has 0 saturated carbocycles. The van der Waals surface area contributed by atoms with Crippen LogP contribution in [-0.2, 0) is 0 Å². The monoisotopic (exact) mass is 252 g/mol. The van der Waals surface area contributed by atoms with Crippen molar-refractivity contribution in [2.75, 3.05) is 13.1 Å². The normalized spacial score (nSPS) is 21.2. The highest BCUT2D eigenvalue weighted by atomic mass is 35.5.